The van der Waals surface area contributed by atoms with Crippen LogP contribution in [0.5, 0.6) is 0 Å². The number of nitrogens with one attached hydrogen (secondary N) is 1. The smallest absolute Gasteiger partial charge is 0.309 e. The van der Waals surface area contributed by atoms with Gasteiger partial charge in [0.2, 0.25) is 0 Å². The molecule has 0 aliphatic rings. The van der Waals surface area contributed by atoms with Crippen LogP contribution in [-0.2, 0) is 21.2 Å². The van der Waals surface area contributed by atoms with Crippen molar-refractivity contribution in [3.8, 4) is 0 Å². The lowest BCUT2D eigenvalue weighted by atomic mass is 10.3. The van der Waals surface area contributed by atoms with Gasteiger partial charge in [-0.1, -0.05) is 0 Å². The lowest BCUT2D eigenvalue weighted by molar-refractivity contribution is -0.136. The number of aliphatic carboxylic acids is 1. The minimum atomic E-state index is -4.53. The Bertz CT molecular complexity index is 836. The Morgan fingerprint density at radius 2 is 1.95 bits per heavy atom. The van der Waals surface area contributed by atoms with Crippen molar-refractivity contribution in [1.82, 2.24) is 4.98 Å². The number of benzene rings is 1. The molecule has 0 fully saturated rings. The zero-order valence-electron chi connectivity index (χ0n) is 10.5. The van der Waals surface area contributed by atoms with Crippen molar-refractivity contribution in [2.45, 2.75) is 11.3 Å². The molecule has 1 aromatic heterocycles. The van der Waals surface area contributed by atoms with Crippen molar-refractivity contribution >= 4 is 32.5 Å². The van der Waals surface area contributed by atoms with Gasteiger partial charge in [-0.05, 0) is 12.1 Å². The normalized spacial score (nSPS) is 11.4. The molecule has 0 saturated carbocycles. The first-order valence-corrected chi connectivity index (χ1v) is 7.89. The van der Waals surface area contributed by atoms with Crippen LogP contribution >= 0.6 is 11.3 Å². The molecule has 2 N–H and O–H groups in total. The monoisotopic (exact) mass is 352 g/mol. The number of carboxylic acids is 1. The van der Waals surface area contributed by atoms with Crippen LogP contribution in [0.2, 0.25) is 0 Å². The lowest BCUT2D eigenvalue weighted by Crippen LogP contribution is -2.16. The van der Waals surface area contributed by atoms with Crippen LogP contribution in [-0.4, -0.2) is 24.5 Å². The van der Waals surface area contributed by atoms with Crippen LogP contribution in [0.15, 0.2) is 22.4 Å². The second-order valence-electron chi connectivity index (χ2n) is 3.99. The summed E-state index contributed by atoms with van der Waals surface area (Å²) in [4.78, 5) is 13.1. The van der Waals surface area contributed by atoms with Gasteiger partial charge in [-0.2, -0.15) is 0 Å². The number of hydrogen-bond donors (Lipinski definition) is 2. The van der Waals surface area contributed by atoms with Crippen molar-refractivity contribution in [2.75, 3.05) is 4.72 Å². The third-order valence-electron chi connectivity index (χ3n) is 2.40. The fraction of sp³-hybridized carbons (Fsp3) is 0.0909. The number of carbonyl (C=O) groups is 1. The molecule has 0 aliphatic carbocycles. The molecule has 22 heavy (non-hydrogen) atoms. The molecule has 2 aromatic rings. The SMILES string of the molecule is O=C(O)Cc1csc(NS(=O)(=O)c2ccc(F)c(F)c2F)n1. The van der Waals surface area contributed by atoms with Gasteiger partial charge in [-0.15, -0.1) is 11.3 Å². The first-order chi connectivity index (χ1) is 10.2. The first-order valence-electron chi connectivity index (χ1n) is 5.53. The molecule has 0 amide bonds. The number of rotatable bonds is 5. The highest BCUT2D eigenvalue weighted by Crippen LogP contribution is 2.24. The summed E-state index contributed by atoms with van der Waals surface area (Å²) in [6.45, 7) is 0. The first kappa shape index (κ1) is 16.2. The maximum atomic E-state index is 13.5. The van der Waals surface area contributed by atoms with E-state index in [2.05, 4.69) is 4.98 Å². The minimum Gasteiger partial charge on any atom is -0.481 e. The predicted octanol–water partition coefficient (Wildman–Crippen LogP) is 1.99. The predicted molar refractivity (Wildman–Crippen MR) is 70.6 cm³/mol. The van der Waals surface area contributed by atoms with Crippen LogP contribution in [0.3, 0.4) is 0 Å². The summed E-state index contributed by atoms with van der Waals surface area (Å²) < 4.78 is 65.1. The molecular formula is C11H7F3N2O4S2. The number of nitrogens with zero attached hydrogens (tertiary/aromatic N) is 1. The molecule has 0 atom stereocenters. The summed E-state index contributed by atoms with van der Waals surface area (Å²) in [5.74, 6) is -6.44. The number of carboxylic acid groups (broad SMARTS) is 1. The van der Waals surface area contributed by atoms with Gasteiger partial charge >= 0.3 is 5.97 Å². The van der Waals surface area contributed by atoms with E-state index in [0.717, 1.165) is 11.3 Å². The van der Waals surface area contributed by atoms with Gasteiger partial charge in [0.15, 0.2) is 22.6 Å². The summed E-state index contributed by atoms with van der Waals surface area (Å²) in [6.07, 6.45) is -0.419. The number of aromatic nitrogens is 1. The van der Waals surface area contributed by atoms with E-state index in [-0.39, 0.29) is 10.8 Å². The van der Waals surface area contributed by atoms with Crippen LogP contribution in [0, 0.1) is 17.5 Å². The molecule has 2 rings (SSSR count). The van der Waals surface area contributed by atoms with Gasteiger partial charge in [0.05, 0.1) is 12.1 Å². The highest BCUT2D eigenvalue weighted by molar-refractivity contribution is 7.93. The molecule has 1 aromatic carbocycles. The van der Waals surface area contributed by atoms with Crippen molar-refractivity contribution < 1.29 is 31.5 Å². The molecule has 0 unspecified atom stereocenters. The Morgan fingerprint density at radius 1 is 1.27 bits per heavy atom. The molecule has 0 bridgehead atoms. The largest absolute Gasteiger partial charge is 0.481 e. The quantitative estimate of drug-likeness (QED) is 0.802. The molecular weight excluding hydrogens is 345 g/mol. The van der Waals surface area contributed by atoms with E-state index < -0.39 is 44.8 Å². The Balaban J connectivity index is 2.30. The second kappa shape index (κ2) is 5.93. The van der Waals surface area contributed by atoms with Crippen LogP contribution in [0.4, 0.5) is 18.3 Å². The van der Waals surface area contributed by atoms with Gasteiger partial charge in [0.25, 0.3) is 10.0 Å². The fourth-order valence-corrected chi connectivity index (χ4v) is 3.51. The average molecular weight is 352 g/mol. The minimum absolute atomic E-state index is 0.0981. The molecule has 0 saturated heterocycles. The van der Waals surface area contributed by atoms with E-state index in [4.69, 9.17) is 5.11 Å². The van der Waals surface area contributed by atoms with Gasteiger partial charge in [-0.25, -0.2) is 26.6 Å². The van der Waals surface area contributed by atoms with Gasteiger partial charge < -0.3 is 5.11 Å². The van der Waals surface area contributed by atoms with Crippen LogP contribution < -0.4 is 4.72 Å². The third kappa shape index (κ3) is 3.36. The van der Waals surface area contributed by atoms with Crippen molar-refractivity contribution in [3.05, 3.63) is 40.7 Å². The lowest BCUT2D eigenvalue weighted by Gasteiger charge is -2.07. The fourth-order valence-electron chi connectivity index (χ4n) is 1.48. The van der Waals surface area contributed by atoms with Crippen molar-refractivity contribution in [2.24, 2.45) is 0 Å². The number of sulfonamides is 1. The molecule has 11 heteroatoms. The van der Waals surface area contributed by atoms with E-state index in [1.165, 1.54) is 5.38 Å². The Hall–Kier alpha value is -2.14. The summed E-state index contributed by atoms with van der Waals surface area (Å²) in [5, 5.41) is 9.66. The van der Waals surface area contributed by atoms with E-state index in [9.17, 15) is 26.4 Å². The van der Waals surface area contributed by atoms with E-state index in [0.29, 0.717) is 12.1 Å². The summed E-state index contributed by atoms with van der Waals surface area (Å²) in [7, 11) is -4.53. The van der Waals surface area contributed by atoms with Crippen LogP contribution in [0.25, 0.3) is 0 Å². The van der Waals surface area contributed by atoms with Gasteiger partial charge in [0.1, 0.15) is 4.90 Å². The topological polar surface area (TPSA) is 96.4 Å². The van der Waals surface area contributed by atoms with Crippen LogP contribution in [0.1, 0.15) is 5.69 Å². The highest BCUT2D eigenvalue weighted by atomic mass is 32.2. The maximum Gasteiger partial charge on any atom is 0.309 e. The zero-order valence-corrected chi connectivity index (χ0v) is 12.1. The number of anilines is 1. The van der Waals surface area contributed by atoms with E-state index in [1.807, 2.05) is 4.72 Å². The third-order valence-corrected chi connectivity index (χ3v) is 4.69. The van der Waals surface area contributed by atoms with E-state index in [1.54, 1.807) is 0 Å². The molecule has 6 nitrogen and oxygen atoms in total. The summed E-state index contributed by atoms with van der Waals surface area (Å²) in [5.41, 5.74) is 0.0981. The molecule has 118 valence electrons. The molecule has 1 heterocycles. The summed E-state index contributed by atoms with van der Waals surface area (Å²) >= 11 is 0.771. The number of halogens is 3. The average Bonchev–Trinajstić information content (AvgIpc) is 2.81. The number of hydrogen-bond acceptors (Lipinski definition) is 5. The van der Waals surface area contributed by atoms with Crippen molar-refractivity contribution in [1.29, 1.82) is 0 Å². The standard InChI is InChI=1S/C11H7F3N2O4S2/c12-6-1-2-7(10(14)9(6)13)22(19,20)16-11-15-5(4-21-11)3-8(17)18/h1-2,4H,3H2,(H,15,16)(H,17,18). The van der Waals surface area contributed by atoms with E-state index >= 15 is 0 Å². The molecule has 0 spiro atoms. The highest BCUT2D eigenvalue weighted by Gasteiger charge is 2.25. The zero-order chi connectivity index (χ0) is 16.5. The maximum absolute atomic E-state index is 13.5. The second-order valence-corrected chi connectivity index (χ2v) is 6.50. The Labute approximate surface area is 126 Å². The molecule has 0 aliphatic heterocycles. The van der Waals surface area contributed by atoms with Crippen molar-refractivity contribution in [3.63, 3.8) is 0 Å². The summed E-state index contributed by atoms with van der Waals surface area (Å²) in [6, 6.07) is 1.05. The Kier molecular flexibility index (Phi) is 4.37. The van der Waals surface area contributed by atoms with Gasteiger partial charge in [0, 0.05) is 5.38 Å². The molecule has 0 radical (unpaired) electrons. The Morgan fingerprint density at radius 3 is 2.59 bits per heavy atom. The number of thiazole rings is 1. The van der Waals surface area contributed by atoms with Gasteiger partial charge in [-0.3, -0.25) is 9.52 Å².